The molecule has 1 fully saturated rings. The second-order valence-electron chi connectivity index (χ2n) is 6.34. The lowest BCUT2D eigenvalue weighted by atomic mass is 9.96. The average molecular weight is 245 g/mol. The Morgan fingerprint density at radius 2 is 1.94 bits per heavy atom. The van der Waals surface area contributed by atoms with E-state index in [1.807, 2.05) is 0 Å². The fourth-order valence-electron chi connectivity index (χ4n) is 2.99. The van der Waals surface area contributed by atoms with Gasteiger partial charge in [0.2, 0.25) is 0 Å². The summed E-state index contributed by atoms with van der Waals surface area (Å²) in [5, 5.41) is 3.43. The van der Waals surface area contributed by atoms with Crippen LogP contribution in [0.4, 0.5) is 5.82 Å². The summed E-state index contributed by atoms with van der Waals surface area (Å²) >= 11 is 0. The van der Waals surface area contributed by atoms with Gasteiger partial charge >= 0.3 is 0 Å². The van der Waals surface area contributed by atoms with Crippen molar-refractivity contribution in [1.29, 1.82) is 0 Å². The number of fused-ring (bicyclic) bond motifs is 1. The van der Waals surface area contributed by atoms with E-state index >= 15 is 0 Å². The predicted octanol–water partition coefficient (Wildman–Crippen LogP) is 3.30. The lowest BCUT2D eigenvalue weighted by Gasteiger charge is -2.19. The quantitative estimate of drug-likeness (QED) is 0.888. The first kappa shape index (κ1) is 11.9. The molecule has 98 valence electrons. The van der Waals surface area contributed by atoms with Crippen LogP contribution in [0.3, 0.4) is 0 Å². The van der Waals surface area contributed by atoms with Crippen LogP contribution in [0, 0.1) is 5.41 Å². The lowest BCUT2D eigenvalue weighted by molar-refractivity contribution is 0.598. The van der Waals surface area contributed by atoms with E-state index in [9.17, 15) is 0 Å². The molecule has 0 amide bonds. The maximum atomic E-state index is 4.86. The van der Waals surface area contributed by atoms with Crippen molar-refractivity contribution >= 4 is 5.82 Å². The standard InChI is InChI=1S/C15H23N3/c1-4-16-13-10-7-5-6-8-12(10)17-14(18-13)11-9-15(11,2)3/h11H,4-9H2,1-3H3,(H,16,17,18). The molecule has 1 aromatic heterocycles. The summed E-state index contributed by atoms with van der Waals surface area (Å²) in [5.74, 6) is 2.76. The van der Waals surface area contributed by atoms with E-state index in [-0.39, 0.29) is 0 Å². The van der Waals surface area contributed by atoms with E-state index in [2.05, 4.69) is 26.1 Å². The van der Waals surface area contributed by atoms with Crippen LogP contribution in [0.25, 0.3) is 0 Å². The summed E-state index contributed by atoms with van der Waals surface area (Å²) < 4.78 is 0. The third-order valence-electron chi connectivity index (χ3n) is 4.37. The molecule has 0 bridgehead atoms. The molecule has 3 nitrogen and oxygen atoms in total. The van der Waals surface area contributed by atoms with Gasteiger partial charge in [-0.1, -0.05) is 13.8 Å². The Bertz CT molecular complexity index is 465. The minimum Gasteiger partial charge on any atom is -0.370 e. The van der Waals surface area contributed by atoms with Crippen LogP contribution in [0.5, 0.6) is 0 Å². The Labute approximate surface area is 109 Å². The monoisotopic (exact) mass is 245 g/mol. The average Bonchev–Trinajstić information content (AvgIpc) is 2.99. The van der Waals surface area contributed by atoms with Crippen LogP contribution in [0.15, 0.2) is 0 Å². The van der Waals surface area contributed by atoms with Gasteiger partial charge in [0.1, 0.15) is 11.6 Å². The molecule has 2 aliphatic carbocycles. The molecule has 0 saturated heterocycles. The zero-order valence-corrected chi connectivity index (χ0v) is 11.7. The van der Waals surface area contributed by atoms with Crippen LogP contribution in [-0.2, 0) is 12.8 Å². The maximum absolute atomic E-state index is 4.86. The molecule has 3 heteroatoms. The molecule has 1 aromatic rings. The van der Waals surface area contributed by atoms with Gasteiger partial charge in [0.15, 0.2) is 0 Å². The van der Waals surface area contributed by atoms with E-state index in [0.717, 1.165) is 31.0 Å². The smallest absolute Gasteiger partial charge is 0.134 e. The molecule has 1 N–H and O–H groups in total. The molecule has 3 rings (SSSR count). The Hall–Kier alpha value is -1.12. The molecule has 0 spiro atoms. The van der Waals surface area contributed by atoms with Crippen molar-refractivity contribution in [1.82, 2.24) is 9.97 Å². The van der Waals surface area contributed by atoms with Gasteiger partial charge in [-0.05, 0) is 44.4 Å². The van der Waals surface area contributed by atoms with Crippen molar-refractivity contribution in [2.45, 2.75) is 58.8 Å². The number of nitrogens with one attached hydrogen (secondary N) is 1. The molecule has 0 aromatic carbocycles. The van der Waals surface area contributed by atoms with Crippen molar-refractivity contribution in [3.05, 3.63) is 17.1 Å². The maximum Gasteiger partial charge on any atom is 0.134 e. The van der Waals surface area contributed by atoms with Crippen LogP contribution < -0.4 is 5.32 Å². The van der Waals surface area contributed by atoms with Gasteiger partial charge in [-0.25, -0.2) is 9.97 Å². The third kappa shape index (κ3) is 2.00. The Balaban J connectivity index is 1.99. The topological polar surface area (TPSA) is 37.8 Å². The summed E-state index contributed by atoms with van der Waals surface area (Å²) in [6, 6.07) is 0. The predicted molar refractivity (Wildman–Crippen MR) is 74.0 cm³/mol. The van der Waals surface area contributed by atoms with E-state index in [4.69, 9.17) is 9.97 Å². The molecule has 1 unspecified atom stereocenters. The SMILES string of the molecule is CCNc1nc(C2CC2(C)C)nc2c1CCCC2. The number of hydrogen-bond acceptors (Lipinski definition) is 3. The highest BCUT2D eigenvalue weighted by Gasteiger charge is 2.49. The number of aromatic nitrogens is 2. The van der Waals surface area contributed by atoms with Crippen molar-refractivity contribution in [2.24, 2.45) is 5.41 Å². The van der Waals surface area contributed by atoms with Crippen molar-refractivity contribution < 1.29 is 0 Å². The first-order valence-corrected chi connectivity index (χ1v) is 7.25. The number of rotatable bonds is 3. The van der Waals surface area contributed by atoms with Gasteiger partial charge in [0.25, 0.3) is 0 Å². The number of hydrogen-bond donors (Lipinski definition) is 1. The normalized spacial score (nSPS) is 24.5. The van der Waals surface area contributed by atoms with E-state index in [0.29, 0.717) is 11.3 Å². The number of aryl methyl sites for hydroxylation is 1. The summed E-state index contributed by atoms with van der Waals surface area (Å²) in [5.41, 5.74) is 3.10. The highest BCUT2D eigenvalue weighted by atomic mass is 15.0. The molecule has 1 atom stereocenters. The second kappa shape index (κ2) is 4.22. The van der Waals surface area contributed by atoms with E-state index in [1.165, 1.54) is 30.5 Å². The Kier molecular flexibility index (Phi) is 2.80. The highest BCUT2D eigenvalue weighted by molar-refractivity contribution is 5.48. The van der Waals surface area contributed by atoms with Gasteiger partial charge in [-0.15, -0.1) is 0 Å². The third-order valence-corrected chi connectivity index (χ3v) is 4.37. The number of anilines is 1. The van der Waals surface area contributed by atoms with Crippen LogP contribution in [-0.4, -0.2) is 16.5 Å². The first-order valence-electron chi connectivity index (χ1n) is 7.25. The van der Waals surface area contributed by atoms with Gasteiger partial charge < -0.3 is 5.32 Å². The van der Waals surface area contributed by atoms with Gasteiger partial charge in [-0.3, -0.25) is 0 Å². The van der Waals surface area contributed by atoms with E-state index < -0.39 is 0 Å². The molecule has 18 heavy (non-hydrogen) atoms. The minimum atomic E-state index is 0.409. The van der Waals surface area contributed by atoms with Crippen molar-refractivity contribution in [3.8, 4) is 0 Å². The van der Waals surface area contributed by atoms with Gasteiger partial charge in [-0.2, -0.15) is 0 Å². The zero-order valence-electron chi connectivity index (χ0n) is 11.7. The minimum absolute atomic E-state index is 0.409. The molecule has 0 aliphatic heterocycles. The largest absolute Gasteiger partial charge is 0.370 e. The molecular formula is C15H23N3. The fraction of sp³-hybridized carbons (Fsp3) is 0.733. The summed E-state index contributed by atoms with van der Waals surface area (Å²) in [6.07, 6.45) is 6.08. The zero-order chi connectivity index (χ0) is 12.8. The highest BCUT2D eigenvalue weighted by Crippen LogP contribution is 2.57. The molecule has 1 saturated carbocycles. The molecule has 0 radical (unpaired) electrons. The summed E-state index contributed by atoms with van der Waals surface area (Å²) in [6.45, 7) is 7.70. The second-order valence-corrected chi connectivity index (χ2v) is 6.34. The van der Waals surface area contributed by atoms with Gasteiger partial charge in [0, 0.05) is 23.7 Å². The Morgan fingerprint density at radius 3 is 2.61 bits per heavy atom. The van der Waals surface area contributed by atoms with Crippen molar-refractivity contribution in [2.75, 3.05) is 11.9 Å². The number of nitrogens with zero attached hydrogens (tertiary/aromatic N) is 2. The van der Waals surface area contributed by atoms with Crippen LogP contribution in [0.1, 0.15) is 63.0 Å². The van der Waals surface area contributed by atoms with Crippen LogP contribution >= 0.6 is 0 Å². The molecule has 2 aliphatic rings. The Morgan fingerprint density at radius 1 is 1.22 bits per heavy atom. The lowest BCUT2D eigenvalue weighted by Crippen LogP contribution is -2.15. The van der Waals surface area contributed by atoms with Crippen molar-refractivity contribution in [3.63, 3.8) is 0 Å². The first-order chi connectivity index (χ1) is 8.62. The summed E-state index contributed by atoms with van der Waals surface area (Å²) in [4.78, 5) is 9.67. The molecule has 1 heterocycles. The summed E-state index contributed by atoms with van der Waals surface area (Å²) in [7, 11) is 0. The van der Waals surface area contributed by atoms with Crippen LogP contribution in [0.2, 0.25) is 0 Å². The van der Waals surface area contributed by atoms with E-state index in [1.54, 1.807) is 0 Å². The van der Waals surface area contributed by atoms with Gasteiger partial charge in [0.05, 0.1) is 0 Å². The fourth-order valence-corrected chi connectivity index (χ4v) is 2.99. The molecular weight excluding hydrogens is 222 g/mol.